The molecule has 2 heterocycles. The summed E-state index contributed by atoms with van der Waals surface area (Å²) < 4.78 is 42.6. The van der Waals surface area contributed by atoms with Gasteiger partial charge in [0.15, 0.2) is 11.0 Å². The van der Waals surface area contributed by atoms with E-state index in [1.54, 1.807) is 24.3 Å². The van der Waals surface area contributed by atoms with Crippen molar-refractivity contribution >= 4 is 34.6 Å². The van der Waals surface area contributed by atoms with E-state index in [1.807, 2.05) is 39.0 Å². The van der Waals surface area contributed by atoms with Gasteiger partial charge in [0.2, 0.25) is 5.91 Å². The predicted molar refractivity (Wildman–Crippen MR) is 166 cm³/mol. The summed E-state index contributed by atoms with van der Waals surface area (Å²) in [5.74, 6) is 6.18. The summed E-state index contributed by atoms with van der Waals surface area (Å²) in [6.07, 6.45) is -3.32. The molecule has 0 aliphatic carbocycles. The van der Waals surface area contributed by atoms with Gasteiger partial charge < -0.3 is 10.1 Å². The maximum atomic E-state index is 12.7. The van der Waals surface area contributed by atoms with E-state index >= 15 is 0 Å². The van der Waals surface area contributed by atoms with Gasteiger partial charge in [-0.15, -0.1) is 18.3 Å². The summed E-state index contributed by atoms with van der Waals surface area (Å²) in [5, 5.41) is 7.38. The van der Waals surface area contributed by atoms with Crippen molar-refractivity contribution in [2.45, 2.75) is 33.1 Å². The molecule has 1 N–H and O–H groups in total. The molecular weight excluding hydrogens is 605 g/mol. The third-order valence-electron chi connectivity index (χ3n) is 6.52. The van der Waals surface area contributed by atoms with Crippen molar-refractivity contribution in [2.75, 3.05) is 17.2 Å². The lowest BCUT2D eigenvalue weighted by Crippen LogP contribution is -2.32. The first kappa shape index (κ1) is 31.3. The zero-order chi connectivity index (χ0) is 32.1. The van der Waals surface area contributed by atoms with E-state index in [-0.39, 0.29) is 29.9 Å². The minimum atomic E-state index is -4.77. The average Bonchev–Trinajstić information content (AvgIpc) is 3.62. The van der Waals surface area contributed by atoms with Gasteiger partial charge in [-0.1, -0.05) is 61.7 Å². The number of amides is 3. The molecule has 0 atom stereocenters. The van der Waals surface area contributed by atoms with Crippen molar-refractivity contribution in [3.8, 4) is 34.7 Å². The van der Waals surface area contributed by atoms with Crippen LogP contribution in [0.4, 0.5) is 23.7 Å². The molecule has 1 aromatic heterocycles. The second-order valence-corrected chi connectivity index (χ2v) is 11.2. The normalized spacial score (nSPS) is 14.1. The third kappa shape index (κ3) is 7.90. The Bertz CT molecular complexity index is 1820. The van der Waals surface area contributed by atoms with Crippen LogP contribution >= 0.6 is 11.8 Å². The van der Waals surface area contributed by atoms with Crippen molar-refractivity contribution in [1.82, 2.24) is 20.1 Å². The van der Waals surface area contributed by atoms with Gasteiger partial charge in [-0.2, -0.15) is 4.99 Å². The van der Waals surface area contributed by atoms with Crippen LogP contribution in [-0.2, 0) is 4.79 Å². The minimum absolute atomic E-state index is 0.0288. The Morgan fingerprint density at radius 3 is 2.64 bits per heavy atom. The molecule has 230 valence electrons. The summed E-state index contributed by atoms with van der Waals surface area (Å²) in [4.78, 5) is 35.3. The number of nitrogens with one attached hydrogen (secondary N) is 1. The highest BCUT2D eigenvalue weighted by Gasteiger charge is 2.33. The third-order valence-corrected chi connectivity index (χ3v) is 7.44. The Morgan fingerprint density at radius 1 is 1.13 bits per heavy atom. The van der Waals surface area contributed by atoms with Crippen LogP contribution in [0.2, 0.25) is 0 Å². The maximum absolute atomic E-state index is 12.7. The second kappa shape index (κ2) is 13.3. The number of thioether (sulfide) groups is 1. The second-order valence-electron chi connectivity index (χ2n) is 10.2. The van der Waals surface area contributed by atoms with Gasteiger partial charge in [-0.05, 0) is 66.4 Å². The van der Waals surface area contributed by atoms with Gasteiger partial charge in [0, 0.05) is 11.1 Å². The molecule has 4 aromatic rings. The Hall–Kier alpha value is -5.09. The average molecular weight is 633 g/mol. The predicted octanol–water partition coefficient (Wildman–Crippen LogP) is 6.46. The zero-order valence-corrected chi connectivity index (χ0v) is 25.2. The van der Waals surface area contributed by atoms with Crippen molar-refractivity contribution in [3.63, 3.8) is 0 Å². The Morgan fingerprint density at radius 2 is 1.91 bits per heavy atom. The van der Waals surface area contributed by atoms with E-state index in [0.717, 1.165) is 16.8 Å². The summed E-state index contributed by atoms with van der Waals surface area (Å²) in [7, 11) is 0. The number of aryl methyl sites for hydroxylation is 1. The lowest BCUT2D eigenvalue weighted by atomic mass is 9.99. The van der Waals surface area contributed by atoms with E-state index < -0.39 is 12.4 Å². The summed E-state index contributed by atoms with van der Waals surface area (Å²) in [6.45, 7) is 6.07. The number of urea groups is 1. The monoisotopic (exact) mass is 632 g/mol. The van der Waals surface area contributed by atoms with Crippen molar-refractivity contribution in [1.29, 1.82) is 0 Å². The largest absolute Gasteiger partial charge is 0.573 e. The summed E-state index contributed by atoms with van der Waals surface area (Å²) in [5.41, 5.74) is 4.56. The fourth-order valence-corrected chi connectivity index (χ4v) is 5.32. The van der Waals surface area contributed by atoms with E-state index in [9.17, 15) is 22.8 Å². The number of rotatable bonds is 6. The Labute approximate surface area is 261 Å². The Kier molecular flexibility index (Phi) is 9.24. The van der Waals surface area contributed by atoms with E-state index in [4.69, 9.17) is 0 Å². The van der Waals surface area contributed by atoms with Crippen LogP contribution in [0.3, 0.4) is 0 Å². The molecule has 1 fully saturated rings. The number of halogens is 3. The highest BCUT2D eigenvalue weighted by Crippen LogP contribution is 2.34. The molecule has 0 bridgehead atoms. The van der Waals surface area contributed by atoms with Crippen LogP contribution in [0, 0.1) is 18.8 Å². The molecule has 0 radical (unpaired) electrons. The van der Waals surface area contributed by atoms with Gasteiger partial charge in [0.05, 0.1) is 23.7 Å². The first-order valence-corrected chi connectivity index (χ1v) is 14.8. The summed E-state index contributed by atoms with van der Waals surface area (Å²) >= 11 is 1.22. The van der Waals surface area contributed by atoms with Gasteiger partial charge in [0.1, 0.15) is 12.1 Å². The first-order chi connectivity index (χ1) is 21.5. The lowest BCUT2D eigenvalue weighted by Gasteiger charge is -2.22. The number of carbonyl (C=O) groups is 2. The van der Waals surface area contributed by atoms with Gasteiger partial charge in [-0.3, -0.25) is 9.69 Å². The fourth-order valence-electron chi connectivity index (χ4n) is 4.47. The quantitative estimate of drug-likeness (QED) is 0.245. The zero-order valence-electron chi connectivity index (χ0n) is 24.4. The highest BCUT2D eigenvalue weighted by atomic mass is 32.2. The number of hydrogen-bond acceptors (Lipinski definition) is 6. The van der Waals surface area contributed by atoms with Crippen LogP contribution in [0.1, 0.15) is 36.5 Å². The molecule has 3 aromatic carbocycles. The molecule has 1 aliphatic rings. The van der Waals surface area contributed by atoms with E-state index in [0.29, 0.717) is 27.8 Å². The number of hydrogen-bond donors (Lipinski definition) is 1. The summed E-state index contributed by atoms with van der Waals surface area (Å²) in [6, 6.07) is 17.7. The molecule has 3 amide bonds. The fraction of sp³-hybridized carbons (Fsp3) is 0.219. The SMILES string of the molecule is Cc1ccc(C(C)C)c(N2C(=O)CS/C2=N\C(=O)NCC#Cc2cccc(-c3ncn(-c4ccc(OC(F)(F)F)cc4)n3)c2)c1. The number of carbonyl (C=O) groups excluding carboxylic acids is 2. The number of anilines is 1. The molecule has 1 aliphatic heterocycles. The topological polar surface area (TPSA) is 102 Å². The van der Waals surface area contributed by atoms with Gasteiger partial charge >= 0.3 is 12.4 Å². The Balaban J connectivity index is 1.22. The van der Waals surface area contributed by atoms with E-state index in [2.05, 4.69) is 37.0 Å². The number of amidine groups is 1. The first-order valence-electron chi connectivity index (χ1n) is 13.8. The molecule has 9 nitrogen and oxygen atoms in total. The van der Waals surface area contributed by atoms with Crippen LogP contribution in [0.25, 0.3) is 17.1 Å². The standard InChI is InChI=1S/C32H27F3N6O3S/c1-20(2)26-14-9-21(3)16-27(26)41-28(42)18-45-31(41)38-30(43)36-15-5-7-22-6-4-8-23(17-22)29-37-19-40(39-29)24-10-12-25(13-11-24)44-32(33,34)35/h4,6,8-14,16-17,19-20H,15,18H2,1-3H3,(H,36,43)/b38-31-. The molecule has 13 heteroatoms. The minimum Gasteiger partial charge on any atom is -0.406 e. The number of benzene rings is 3. The van der Waals surface area contributed by atoms with Crippen LogP contribution < -0.4 is 15.0 Å². The highest BCUT2D eigenvalue weighted by molar-refractivity contribution is 8.15. The number of nitrogens with zero attached hydrogens (tertiary/aromatic N) is 5. The van der Waals surface area contributed by atoms with Crippen LogP contribution in [0.15, 0.2) is 78.0 Å². The maximum Gasteiger partial charge on any atom is 0.573 e. The van der Waals surface area contributed by atoms with Crippen molar-refractivity contribution < 1.29 is 27.5 Å². The number of aromatic nitrogens is 3. The molecule has 0 unspecified atom stereocenters. The number of ether oxygens (including phenoxy) is 1. The van der Waals surface area contributed by atoms with Crippen LogP contribution in [-0.4, -0.2) is 50.5 Å². The molecule has 5 rings (SSSR count). The van der Waals surface area contributed by atoms with Gasteiger partial charge in [-0.25, -0.2) is 14.5 Å². The molecule has 0 spiro atoms. The number of aliphatic imine (C=N–C) groups is 1. The molecular formula is C32H27F3N6O3S. The van der Waals surface area contributed by atoms with Crippen LogP contribution in [0.5, 0.6) is 5.75 Å². The number of alkyl halides is 3. The van der Waals surface area contributed by atoms with Gasteiger partial charge in [0.25, 0.3) is 0 Å². The van der Waals surface area contributed by atoms with Crippen molar-refractivity contribution in [3.05, 3.63) is 89.7 Å². The molecule has 45 heavy (non-hydrogen) atoms. The smallest absolute Gasteiger partial charge is 0.406 e. The molecule has 1 saturated heterocycles. The van der Waals surface area contributed by atoms with E-state index in [1.165, 1.54) is 51.9 Å². The van der Waals surface area contributed by atoms with Crippen molar-refractivity contribution in [2.24, 2.45) is 4.99 Å². The molecule has 0 saturated carbocycles. The lowest BCUT2D eigenvalue weighted by molar-refractivity contribution is -0.274.